The molecule has 0 rings (SSSR count). The van der Waals surface area contributed by atoms with Crippen LogP contribution in [0.5, 0.6) is 0 Å². The van der Waals surface area contributed by atoms with E-state index in [1.807, 2.05) is 0 Å². The van der Waals surface area contributed by atoms with Gasteiger partial charge in [-0.25, -0.2) is 9.13 Å². The SMILES string of the molecule is CCCCCCCCCCCCCCCCCCCCCCCCC(=O)O[C@H](COC(=O)CCCCCCCCCCCCCCCCC(C)CC)COP(=O)(O)OC[C@@H](O)COP(=O)(O)OC[C@@H](COC(=O)CCCCCCCCCC)OC(=O)CCCCCCCCCCCCCCCCCCC. The summed E-state index contributed by atoms with van der Waals surface area (Å²) in [6, 6.07) is 0. The molecule has 0 aliphatic rings. The summed E-state index contributed by atoms with van der Waals surface area (Å²) in [5.41, 5.74) is 0. The van der Waals surface area contributed by atoms with Gasteiger partial charge in [0.25, 0.3) is 0 Å². The fraction of sp³-hybridized carbons (Fsp3) is 0.953. The predicted octanol–water partition coefficient (Wildman–Crippen LogP) is 26.4. The third kappa shape index (κ3) is 78.5. The molecule has 0 bridgehead atoms. The molecule has 0 aromatic carbocycles. The van der Waals surface area contributed by atoms with Crippen molar-refractivity contribution in [3.8, 4) is 0 Å². The van der Waals surface area contributed by atoms with Crippen LogP contribution in [0.2, 0.25) is 0 Å². The lowest BCUT2D eigenvalue weighted by Crippen LogP contribution is -2.30. The largest absolute Gasteiger partial charge is 0.472 e. The first kappa shape index (κ1) is 103. The van der Waals surface area contributed by atoms with Gasteiger partial charge in [-0.15, -0.1) is 0 Å². The monoisotopic (exact) mass is 1540 g/mol. The molecule has 0 aliphatic carbocycles. The third-order valence-electron chi connectivity index (χ3n) is 20.6. The number of hydrogen-bond donors (Lipinski definition) is 3. The second kappa shape index (κ2) is 78.7. The van der Waals surface area contributed by atoms with E-state index >= 15 is 0 Å². The van der Waals surface area contributed by atoms with E-state index in [9.17, 15) is 43.2 Å². The number of hydrogen-bond acceptors (Lipinski definition) is 15. The van der Waals surface area contributed by atoms with Crippen molar-refractivity contribution in [3.63, 3.8) is 0 Å². The van der Waals surface area contributed by atoms with Crippen molar-refractivity contribution in [1.29, 1.82) is 0 Å². The number of phosphoric ester groups is 2. The first-order valence-corrected chi connectivity index (χ1v) is 47.7. The van der Waals surface area contributed by atoms with Gasteiger partial charge in [0.05, 0.1) is 26.4 Å². The van der Waals surface area contributed by atoms with E-state index in [0.29, 0.717) is 25.7 Å². The molecule has 0 saturated carbocycles. The van der Waals surface area contributed by atoms with Crippen LogP contribution in [0.15, 0.2) is 0 Å². The molecule has 0 amide bonds. The normalized spacial score (nSPS) is 14.0. The van der Waals surface area contributed by atoms with E-state index in [4.69, 9.17) is 37.0 Å². The molecular formula is C86H168O17P2. The predicted molar refractivity (Wildman–Crippen MR) is 432 cm³/mol. The van der Waals surface area contributed by atoms with Crippen LogP contribution < -0.4 is 0 Å². The van der Waals surface area contributed by atoms with E-state index in [1.165, 1.54) is 289 Å². The van der Waals surface area contributed by atoms with Crippen molar-refractivity contribution in [2.75, 3.05) is 39.6 Å². The number of rotatable bonds is 86. The third-order valence-corrected chi connectivity index (χ3v) is 22.5. The quantitative estimate of drug-likeness (QED) is 0.0222. The average molecular weight is 1540 g/mol. The lowest BCUT2D eigenvalue weighted by molar-refractivity contribution is -0.161. The smallest absolute Gasteiger partial charge is 0.462 e. The van der Waals surface area contributed by atoms with Gasteiger partial charge < -0.3 is 33.8 Å². The fourth-order valence-corrected chi connectivity index (χ4v) is 15.0. The van der Waals surface area contributed by atoms with Gasteiger partial charge in [-0.3, -0.25) is 37.3 Å². The first-order valence-electron chi connectivity index (χ1n) is 44.7. The van der Waals surface area contributed by atoms with Gasteiger partial charge in [0.15, 0.2) is 12.2 Å². The maximum absolute atomic E-state index is 13.1. The molecule has 6 atom stereocenters. The van der Waals surface area contributed by atoms with Crippen molar-refractivity contribution in [1.82, 2.24) is 0 Å². The van der Waals surface area contributed by atoms with Gasteiger partial charge in [-0.05, 0) is 31.6 Å². The minimum Gasteiger partial charge on any atom is -0.462 e. The van der Waals surface area contributed by atoms with Crippen molar-refractivity contribution < 1.29 is 80.2 Å². The molecule has 3 N–H and O–H groups in total. The summed E-state index contributed by atoms with van der Waals surface area (Å²) < 4.78 is 68.8. The second-order valence-corrected chi connectivity index (χ2v) is 34.1. The van der Waals surface area contributed by atoms with E-state index in [-0.39, 0.29) is 25.7 Å². The highest BCUT2D eigenvalue weighted by molar-refractivity contribution is 7.47. The van der Waals surface area contributed by atoms with Crippen molar-refractivity contribution in [3.05, 3.63) is 0 Å². The Bertz CT molecular complexity index is 2000. The molecule has 3 unspecified atom stereocenters. The van der Waals surface area contributed by atoms with Gasteiger partial charge in [0.1, 0.15) is 19.3 Å². The Labute approximate surface area is 645 Å². The zero-order valence-corrected chi connectivity index (χ0v) is 70.7. The van der Waals surface area contributed by atoms with Crippen LogP contribution in [0, 0.1) is 5.92 Å². The van der Waals surface area contributed by atoms with Crippen LogP contribution in [-0.2, 0) is 65.4 Å². The highest BCUT2D eigenvalue weighted by Gasteiger charge is 2.30. The summed E-state index contributed by atoms with van der Waals surface area (Å²) in [6.45, 7) is 7.39. The van der Waals surface area contributed by atoms with E-state index in [1.54, 1.807) is 0 Å². The number of aliphatic hydroxyl groups is 1. The topological polar surface area (TPSA) is 237 Å². The summed E-state index contributed by atoms with van der Waals surface area (Å²) in [5, 5.41) is 10.7. The number of esters is 4. The molecule has 0 aromatic heterocycles. The molecule has 0 aromatic rings. The van der Waals surface area contributed by atoms with E-state index < -0.39 is 97.5 Å². The van der Waals surface area contributed by atoms with Crippen LogP contribution in [0.4, 0.5) is 0 Å². The fourth-order valence-electron chi connectivity index (χ4n) is 13.4. The number of carbonyl (C=O) groups excluding carboxylic acids is 4. The Hall–Kier alpha value is -1.94. The summed E-state index contributed by atoms with van der Waals surface area (Å²) in [4.78, 5) is 73.1. The van der Waals surface area contributed by atoms with Crippen molar-refractivity contribution >= 4 is 39.5 Å². The average Bonchev–Trinajstić information content (AvgIpc) is 0.918. The van der Waals surface area contributed by atoms with Gasteiger partial charge in [0.2, 0.25) is 0 Å². The van der Waals surface area contributed by atoms with Crippen LogP contribution in [0.1, 0.15) is 465 Å². The molecule has 105 heavy (non-hydrogen) atoms. The highest BCUT2D eigenvalue weighted by atomic mass is 31.2. The Morgan fingerprint density at radius 2 is 0.457 bits per heavy atom. The minimum absolute atomic E-state index is 0.109. The highest BCUT2D eigenvalue weighted by Crippen LogP contribution is 2.45. The first-order chi connectivity index (χ1) is 51.1. The molecule has 0 fully saturated rings. The number of unbranched alkanes of at least 4 members (excludes halogenated alkanes) is 57. The molecule has 17 nitrogen and oxygen atoms in total. The number of ether oxygens (including phenoxy) is 4. The zero-order valence-electron chi connectivity index (χ0n) is 68.9. The Balaban J connectivity index is 5.18. The molecule has 0 radical (unpaired) electrons. The molecule has 0 heterocycles. The second-order valence-electron chi connectivity index (χ2n) is 31.2. The van der Waals surface area contributed by atoms with Crippen LogP contribution in [0.25, 0.3) is 0 Å². The molecular weight excluding hydrogens is 1370 g/mol. The van der Waals surface area contributed by atoms with Crippen LogP contribution >= 0.6 is 15.6 Å². The molecule has 0 aliphatic heterocycles. The summed E-state index contributed by atoms with van der Waals surface area (Å²) in [6.07, 6.45) is 72.3. The number of carbonyl (C=O) groups is 4. The van der Waals surface area contributed by atoms with Crippen LogP contribution in [-0.4, -0.2) is 96.7 Å². The zero-order chi connectivity index (χ0) is 76.9. The van der Waals surface area contributed by atoms with Gasteiger partial charge in [-0.1, -0.05) is 413 Å². The minimum atomic E-state index is -4.96. The van der Waals surface area contributed by atoms with Gasteiger partial charge in [0, 0.05) is 25.7 Å². The van der Waals surface area contributed by atoms with Gasteiger partial charge in [-0.2, -0.15) is 0 Å². The lowest BCUT2D eigenvalue weighted by Gasteiger charge is -2.21. The Kier molecular flexibility index (Phi) is 77.3. The maximum atomic E-state index is 13.1. The number of phosphoric acid groups is 2. The summed E-state index contributed by atoms with van der Waals surface area (Å²) in [5.74, 6) is -1.25. The van der Waals surface area contributed by atoms with E-state index in [0.717, 1.165) is 95.8 Å². The van der Waals surface area contributed by atoms with Gasteiger partial charge >= 0.3 is 39.5 Å². The van der Waals surface area contributed by atoms with Crippen molar-refractivity contribution in [2.24, 2.45) is 5.92 Å². The molecule has 19 heteroatoms. The summed E-state index contributed by atoms with van der Waals surface area (Å²) >= 11 is 0. The molecule has 624 valence electrons. The Morgan fingerprint density at radius 3 is 0.676 bits per heavy atom. The van der Waals surface area contributed by atoms with E-state index in [2.05, 4.69) is 34.6 Å². The molecule has 0 saturated heterocycles. The summed E-state index contributed by atoms with van der Waals surface area (Å²) in [7, 11) is -9.92. The van der Waals surface area contributed by atoms with Crippen molar-refractivity contribution in [2.45, 2.75) is 483 Å². The maximum Gasteiger partial charge on any atom is 0.472 e. The van der Waals surface area contributed by atoms with Crippen LogP contribution in [0.3, 0.4) is 0 Å². The Morgan fingerprint density at radius 1 is 0.267 bits per heavy atom. The lowest BCUT2D eigenvalue weighted by atomic mass is 9.99. The number of aliphatic hydroxyl groups excluding tert-OH is 1. The standard InChI is InChI=1S/C86H168O17P2/c1-6-10-13-16-19-22-24-26-28-30-31-32-33-34-36-38-44-48-52-57-62-67-72-86(91)103-82(76-97-84(89)70-65-60-55-50-46-42-40-39-41-45-49-53-58-63-68-79(5)9-4)78-101-105(94,95)99-74-80(87)73-98-104(92,93)100-77-81(75-96-83(88)69-64-59-54-21-18-15-12-8-3)102-85(90)71-66-61-56-51-47-43-37-35-29-27-25-23-20-17-14-11-7-2/h79-82,87H,6-78H2,1-5H3,(H,92,93)(H,94,95)/t79?,80-,81+,82+/m0/s1. The molecule has 0 spiro atoms.